The molecule has 3 amide bonds. The van der Waals surface area contributed by atoms with Crippen molar-refractivity contribution in [3.8, 4) is 0 Å². The lowest BCUT2D eigenvalue weighted by molar-refractivity contribution is -0.129. The quantitative estimate of drug-likeness (QED) is 0.808. The van der Waals surface area contributed by atoms with Gasteiger partial charge in [0.25, 0.3) is 0 Å². The second-order valence-electron chi connectivity index (χ2n) is 5.27. The third kappa shape index (κ3) is 3.89. The molecule has 1 aliphatic heterocycles. The maximum absolute atomic E-state index is 11.9. The van der Waals surface area contributed by atoms with Crippen LogP contribution in [0.1, 0.15) is 40.0 Å². The predicted molar refractivity (Wildman–Crippen MR) is 71.3 cm³/mol. The maximum atomic E-state index is 11.9. The topological polar surface area (TPSA) is 52.7 Å². The van der Waals surface area contributed by atoms with Gasteiger partial charge in [0, 0.05) is 32.6 Å². The van der Waals surface area contributed by atoms with E-state index in [-0.39, 0.29) is 24.0 Å². The van der Waals surface area contributed by atoms with Crippen LogP contribution in [0.25, 0.3) is 0 Å². The molecule has 0 bridgehead atoms. The van der Waals surface area contributed by atoms with Crippen molar-refractivity contribution in [2.24, 2.45) is 0 Å². The van der Waals surface area contributed by atoms with Crippen molar-refractivity contribution in [3.05, 3.63) is 0 Å². The number of urea groups is 1. The van der Waals surface area contributed by atoms with Gasteiger partial charge >= 0.3 is 6.03 Å². The van der Waals surface area contributed by atoms with Gasteiger partial charge in [-0.15, -0.1) is 0 Å². The second-order valence-corrected chi connectivity index (χ2v) is 5.27. The van der Waals surface area contributed by atoms with Crippen LogP contribution in [-0.2, 0) is 4.79 Å². The lowest BCUT2D eigenvalue weighted by atomic mass is 10.2. The first-order chi connectivity index (χ1) is 8.45. The van der Waals surface area contributed by atoms with Crippen LogP contribution < -0.4 is 5.32 Å². The zero-order chi connectivity index (χ0) is 13.7. The largest absolute Gasteiger partial charge is 0.338 e. The van der Waals surface area contributed by atoms with Crippen LogP contribution in [0.5, 0.6) is 0 Å². The standard InChI is InChI=1S/C13H25N3O2/c1-5-6-7-15(4)13(18)14-11-8-12(17)16(9-11)10(2)3/h10-11H,5-9H2,1-4H3,(H,14,18). The van der Waals surface area contributed by atoms with Crippen molar-refractivity contribution in [3.63, 3.8) is 0 Å². The highest BCUT2D eigenvalue weighted by Crippen LogP contribution is 2.14. The van der Waals surface area contributed by atoms with E-state index >= 15 is 0 Å². The summed E-state index contributed by atoms with van der Waals surface area (Å²) in [6.45, 7) is 7.48. The van der Waals surface area contributed by atoms with Crippen LogP contribution >= 0.6 is 0 Å². The number of nitrogens with one attached hydrogen (secondary N) is 1. The van der Waals surface area contributed by atoms with Gasteiger partial charge in [-0.1, -0.05) is 13.3 Å². The Morgan fingerprint density at radius 3 is 2.72 bits per heavy atom. The molecule has 1 fully saturated rings. The SMILES string of the molecule is CCCCN(C)C(=O)NC1CC(=O)N(C(C)C)C1. The van der Waals surface area contributed by atoms with Crippen LogP contribution in [0, 0.1) is 0 Å². The molecule has 0 aromatic carbocycles. The first kappa shape index (κ1) is 14.8. The molecule has 0 aromatic rings. The molecule has 1 heterocycles. The first-order valence-corrected chi connectivity index (χ1v) is 6.76. The Hall–Kier alpha value is -1.26. The van der Waals surface area contributed by atoms with E-state index in [2.05, 4.69) is 12.2 Å². The summed E-state index contributed by atoms with van der Waals surface area (Å²) in [6, 6.07) is 0.0838. The molecule has 18 heavy (non-hydrogen) atoms. The molecule has 5 nitrogen and oxygen atoms in total. The Morgan fingerprint density at radius 2 is 2.22 bits per heavy atom. The third-order valence-electron chi connectivity index (χ3n) is 3.30. The van der Waals surface area contributed by atoms with Crippen LogP contribution in [0.4, 0.5) is 4.79 Å². The summed E-state index contributed by atoms with van der Waals surface area (Å²) < 4.78 is 0. The molecule has 1 unspecified atom stereocenters. The summed E-state index contributed by atoms with van der Waals surface area (Å²) in [5.74, 6) is 0.131. The van der Waals surface area contributed by atoms with Crippen molar-refractivity contribution >= 4 is 11.9 Å². The van der Waals surface area contributed by atoms with Crippen molar-refractivity contribution in [1.29, 1.82) is 0 Å². The number of unbranched alkanes of at least 4 members (excludes halogenated alkanes) is 1. The number of carbonyl (C=O) groups excluding carboxylic acids is 2. The number of hydrogen-bond acceptors (Lipinski definition) is 2. The van der Waals surface area contributed by atoms with E-state index in [0.717, 1.165) is 19.4 Å². The highest BCUT2D eigenvalue weighted by Gasteiger charge is 2.32. The molecule has 1 N–H and O–H groups in total. The minimum Gasteiger partial charge on any atom is -0.338 e. The summed E-state index contributed by atoms with van der Waals surface area (Å²) in [7, 11) is 1.79. The zero-order valence-electron chi connectivity index (χ0n) is 11.9. The van der Waals surface area contributed by atoms with Gasteiger partial charge in [0.2, 0.25) is 5.91 Å². The van der Waals surface area contributed by atoms with Gasteiger partial charge < -0.3 is 15.1 Å². The van der Waals surface area contributed by atoms with Gasteiger partial charge in [-0.3, -0.25) is 4.79 Å². The highest BCUT2D eigenvalue weighted by molar-refractivity contribution is 5.81. The number of amides is 3. The summed E-state index contributed by atoms with van der Waals surface area (Å²) in [4.78, 5) is 27.1. The molecule has 1 aliphatic rings. The summed E-state index contributed by atoms with van der Waals surface area (Å²) in [5.41, 5.74) is 0. The molecule has 1 rings (SSSR count). The van der Waals surface area contributed by atoms with E-state index < -0.39 is 0 Å². The monoisotopic (exact) mass is 255 g/mol. The van der Waals surface area contributed by atoms with Crippen molar-refractivity contribution < 1.29 is 9.59 Å². The number of nitrogens with zero attached hydrogens (tertiary/aromatic N) is 2. The second kappa shape index (κ2) is 6.61. The molecular formula is C13H25N3O2. The number of rotatable bonds is 5. The first-order valence-electron chi connectivity index (χ1n) is 6.76. The molecule has 5 heteroatoms. The van der Waals surface area contributed by atoms with E-state index in [4.69, 9.17) is 0 Å². The third-order valence-corrected chi connectivity index (χ3v) is 3.30. The fraction of sp³-hybridized carbons (Fsp3) is 0.846. The van der Waals surface area contributed by atoms with Gasteiger partial charge in [0.05, 0.1) is 6.04 Å². The normalized spacial score (nSPS) is 19.5. The van der Waals surface area contributed by atoms with Crippen LogP contribution in [-0.4, -0.2) is 54.0 Å². The van der Waals surface area contributed by atoms with Crippen LogP contribution in [0.3, 0.4) is 0 Å². The molecule has 0 spiro atoms. The van der Waals surface area contributed by atoms with E-state index in [9.17, 15) is 9.59 Å². The molecule has 1 atom stereocenters. The molecule has 1 saturated heterocycles. The predicted octanol–water partition coefficient (Wildman–Crippen LogP) is 1.44. The highest BCUT2D eigenvalue weighted by atomic mass is 16.2. The lowest BCUT2D eigenvalue weighted by Gasteiger charge is -2.23. The minimum absolute atomic E-state index is 0.0449. The van der Waals surface area contributed by atoms with Crippen LogP contribution in [0.15, 0.2) is 0 Å². The van der Waals surface area contributed by atoms with Gasteiger partial charge in [0.15, 0.2) is 0 Å². The number of carbonyl (C=O) groups is 2. The molecule has 0 aromatic heterocycles. The van der Waals surface area contributed by atoms with Gasteiger partial charge in [-0.25, -0.2) is 4.79 Å². The van der Waals surface area contributed by atoms with Gasteiger partial charge in [-0.2, -0.15) is 0 Å². The number of likely N-dealkylation sites (tertiary alicyclic amines) is 1. The average Bonchev–Trinajstić information content (AvgIpc) is 2.67. The van der Waals surface area contributed by atoms with E-state index in [0.29, 0.717) is 13.0 Å². The van der Waals surface area contributed by atoms with Crippen molar-refractivity contribution in [1.82, 2.24) is 15.1 Å². The summed E-state index contributed by atoms with van der Waals surface area (Å²) in [6.07, 6.45) is 2.50. The van der Waals surface area contributed by atoms with E-state index in [1.54, 1.807) is 11.9 Å². The average molecular weight is 255 g/mol. The Bertz CT molecular complexity index is 305. The lowest BCUT2D eigenvalue weighted by Crippen LogP contribution is -2.45. The Kier molecular flexibility index (Phi) is 5.44. The number of hydrogen-bond donors (Lipinski definition) is 1. The fourth-order valence-corrected chi connectivity index (χ4v) is 2.11. The molecule has 0 saturated carbocycles. The zero-order valence-corrected chi connectivity index (χ0v) is 11.9. The smallest absolute Gasteiger partial charge is 0.317 e. The minimum atomic E-state index is -0.0770. The van der Waals surface area contributed by atoms with E-state index in [1.165, 1.54) is 0 Å². The summed E-state index contributed by atoms with van der Waals surface area (Å²) >= 11 is 0. The van der Waals surface area contributed by atoms with Gasteiger partial charge in [-0.05, 0) is 20.3 Å². The van der Waals surface area contributed by atoms with E-state index in [1.807, 2.05) is 18.7 Å². The molecule has 0 radical (unpaired) electrons. The van der Waals surface area contributed by atoms with Crippen molar-refractivity contribution in [2.75, 3.05) is 20.1 Å². The van der Waals surface area contributed by atoms with Gasteiger partial charge in [0.1, 0.15) is 0 Å². The molecule has 0 aliphatic carbocycles. The molecule has 104 valence electrons. The fourth-order valence-electron chi connectivity index (χ4n) is 2.11. The summed E-state index contributed by atoms with van der Waals surface area (Å²) in [5, 5.41) is 2.93. The Balaban J connectivity index is 2.40. The van der Waals surface area contributed by atoms with Crippen molar-refractivity contribution in [2.45, 2.75) is 52.1 Å². The van der Waals surface area contributed by atoms with Crippen LogP contribution in [0.2, 0.25) is 0 Å². The Morgan fingerprint density at radius 1 is 1.56 bits per heavy atom. The maximum Gasteiger partial charge on any atom is 0.317 e. The Labute approximate surface area is 110 Å². The molecular weight excluding hydrogens is 230 g/mol.